The minimum atomic E-state index is -0.361. The van der Waals surface area contributed by atoms with Crippen LogP contribution in [0.15, 0.2) is 30.3 Å². The second-order valence-electron chi connectivity index (χ2n) is 6.56. The molecule has 0 spiro atoms. The number of esters is 1. The van der Waals surface area contributed by atoms with Crippen molar-refractivity contribution in [3.8, 4) is 0 Å². The van der Waals surface area contributed by atoms with E-state index in [1.807, 2.05) is 18.2 Å². The number of unbranched alkanes of at least 4 members (excludes halogenated alkanes) is 6. The summed E-state index contributed by atoms with van der Waals surface area (Å²) in [7, 11) is 0. The van der Waals surface area contributed by atoms with Crippen LogP contribution in [0.4, 0.5) is 0 Å². The second kappa shape index (κ2) is 8.97. The Morgan fingerprint density at radius 3 is 2.36 bits per heavy atom. The van der Waals surface area contributed by atoms with Gasteiger partial charge in [-0.3, -0.25) is 4.79 Å². The number of hydrogen-bond acceptors (Lipinski definition) is 2. The molecule has 1 fully saturated rings. The Balaban J connectivity index is 1.88. The van der Waals surface area contributed by atoms with Crippen LogP contribution in [0.2, 0.25) is 0 Å². The molecule has 0 N–H and O–H groups in total. The first kappa shape index (κ1) is 17.1. The lowest BCUT2D eigenvalue weighted by Gasteiger charge is -2.37. The van der Waals surface area contributed by atoms with Crippen LogP contribution in [0.25, 0.3) is 0 Å². The van der Waals surface area contributed by atoms with E-state index in [4.69, 9.17) is 4.74 Å². The van der Waals surface area contributed by atoms with Gasteiger partial charge in [0, 0.05) is 6.42 Å². The monoisotopic (exact) mass is 302 g/mol. The zero-order chi connectivity index (χ0) is 15.7. The van der Waals surface area contributed by atoms with Crippen molar-refractivity contribution in [1.29, 1.82) is 0 Å². The Hall–Kier alpha value is -1.31. The maximum absolute atomic E-state index is 11.8. The predicted octanol–water partition coefficient (Wildman–Crippen LogP) is 5.75. The van der Waals surface area contributed by atoms with Crippen LogP contribution in [-0.2, 0) is 15.1 Å². The van der Waals surface area contributed by atoms with Gasteiger partial charge in [0.05, 0.1) is 0 Å². The van der Waals surface area contributed by atoms with Crippen molar-refractivity contribution in [2.45, 2.75) is 83.2 Å². The van der Waals surface area contributed by atoms with Crippen LogP contribution < -0.4 is 0 Å². The van der Waals surface area contributed by atoms with E-state index in [0.717, 1.165) is 25.7 Å². The van der Waals surface area contributed by atoms with Crippen LogP contribution in [-0.4, -0.2) is 5.97 Å². The van der Waals surface area contributed by atoms with Gasteiger partial charge in [-0.05, 0) is 31.2 Å². The Morgan fingerprint density at radius 1 is 1.00 bits per heavy atom. The molecule has 0 aromatic heterocycles. The molecule has 2 nitrogen and oxygen atoms in total. The molecular weight excluding hydrogens is 272 g/mol. The molecule has 1 aromatic carbocycles. The number of benzene rings is 1. The Morgan fingerprint density at radius 2 is 1.68 bits per heavy atom. The number of cyclic esters (lactones) is 1. The molecule has 1 heterocycles. The highest BCUT2D eigenvalue weighted by Gasteiger charge is 2.38. The normalized spacial score (nSPS) is 21.6. The first-order valence-electron chi connectivity index (χ1n) is 9.04. The van der Waals surface area contributed by atoms with Crippen molar-refractivity contribution in [2.75, 3.05) is 0 Å². The molecule has 0 amide bonds. The highest BCUT2D eigenvalue weighted by Crippen LogP contribution is 2.40. The molecular formula is C20H30O2. The first-order chi connectivity index (χ1) is 10.8. The standard InChI is InChI=1S/C20H30O2/c1-2-3-4-5-6-7-11-16-20(17-12-15-19(21)22-20)18-13-9-8-10-14-18/h8-10,13-14H,2-7,11-12,15-17H2,1H3/t20-/m0/s1. The minimum absolute atomic E-state index is 0.0296. The number of ether oxygens (including phenoxy) is 1. The van der Waals surface area contributed by atoms with E-state index in [1.54, 1.807) is 0 Å². The van der Waals surface area contributed by atoms with E-state index in [0.29, 0.717) is 6.42 Å². The van der Waals surface area contributed by atoms with Crippen molar-refractivity contribution in [3.63, 3.8) is 0 Å². The number of rotatable bonds is 9. The molecule has 1 aliphatic heterocycles. The minimum Gasteiger partial charge on any atom is -0.454 e. The molecule has 2 rings (SSSR count). The fourth-order valence-corrected chi connectivity index (χ4v) is 3.47. The van der Waals surface area contributed by atoms with Crippen LogP contribution >= 0.6 is 0 Å². The van der Waals surface area contributed by atoms with E-state index in [2.05, 4.69) is 19.1 Å². The Labute approximate surface area is 135 Å². The van der Waals surface area contributed by atoms with Gasteiger partial charge >= 0.3 is 5.97 Å². The third-order valence-corrected chi connectivity index (χ3v) is 4.75. The molecule has 122 valence electrons. The zero-order valence-corrected chi connectivity index (χ0v) is 14.0. The summed E-state index contributed by atoms with van der Waals surface area (Å²) in [5, 5.41) is 0. The topological polar surface area (TPSA) is 26.3 Å². The van der Waals surface area contributed by atoms with Crippen LogP contribution in [0.1, 0.15) is 83.1 Å². The summed E-state index contributed by atoms with van der Waals surface area (Å²) in [5.41, 5.74) is 0.814. The average Bonchev–Trinajstić information content (AvgIpc) is 2.55. The molecule has 22 heavy (non-hydrogen) atoms. The van der Waals surface area contributed by atoms with E-state index in [9.17, 15) is 4.79 Å². The molecule has 0 bridgehead atoms. The maximum atomic E-state index is 11.8. The fourth-order valence-electron chi connectivity index (χ4n) is 3.47. The summed E-state index contributed by atoms with van der Waals surface area (Å²) in [6.45, 7) is 2.25. The smallest absolute Gasteiger partial charge is 0.306 e. The van der Waals surface area contributed by atoms with Gasteiger partial charge in [-0.1, -0.05) is 75.8 Å². The SMILES string of the molecule is CCCCCCCCC[C@@]1(c2ccccc2)CCCC(=O)O1. The fraction of sp³-hybridized carbons (Fsp3) is 0.650. The zero-order valence-electron chi connectivity index (χ0n) is 14.0. The van der Waals surface area contributed by atoms with Gasteiger partial charge < -0.3 is 4.74 Å². The lowest BCUT2D eigenvalue weighted by atomic mass is 9.82. The number of hydrogen-bond donors (Lipinski definition) is 0. The van der Waals surface area contributed by atoms with Gasteiger partial charge in [0.2, 0.25) is 0 Å². The summed E-state index contributed by atoms with van der Waals surface area (Å²) in [6, 6.07) is 10.3. The van der Waals surface area contributed by atoms with Crippen molar-refractivity contribution in [3.05, 3.63) is 35.9 Å². The molecule has 2 heteroatoms. The van der Waals surface area contributed by atoms with E-state index < -0.39 is 0 Å². The molecule has 1 saturated heterocycles. The van der Waals surface area contributed by atoms with Crippen LogP contribution in [0.3, 0.4) is 0 Å². The van der Waals surface area contributed by atoms with Gasteiger partial charge in [-0.2, -0.15) is 0 Å². The molecule has 0 radical (unpaired) electrons. The summed E-state index contributed by atoms with van der Waals surface area (Å²) in [5.74, 6) is -0.0296. The molecule has 1 aromatic rings. The van der Waals surface area contributed by atoms with Gasteiger partial charge in [0.1, 0.15) is 5.60 Å². The quantitative estimate of drug-likeness (QED) is 0.429. The van der Waals surface area contributed by atoms with Crippen molar-refractivity contribution in [1.82, 2.24) is 0 Å². The average molecular weight is 302 g/mol. The highest BCUT2D eigenvalue weighted by atomic mass is 16.6. The summed E-state index contributed by atoms with van der Waals surface area (Å²) < 4.78 is 5.87. The van der Waals surface area contributed by atoms with Gasteiger partial charge in [-0.15, -0.1) is 0 Å². The van der Waals surface area contributed by atoms with E-state index in [-0.39, 0.29) is 11.6 Å². The van der Waals surface area contributed by atoms with Gasteiger partial charge in [0.25, 0.3) is 0 Å². The highest BCUT2D eigenvalue weighted by molar-refractivity contribution is 5.71. The molecule has 0 saturated carbocycles. The van der Waals surface area contributed by atoms with E-state index in [1.165, 1.54) is 44.1 Å². The largest absolute Gasteiger partial charge is 0.454 e. The predicted molar refractivity (Wildman–Crippen MR) is 90.7 cm³/mol. The third kappa shape index (κ3) is 4.86. The molecule has 1 atom stereocenters. The second-order valence-corrected chi connectivity index (χ2v) is 6.56. The lowest BCUT2D eigenvalue weighted by molar-refractivity contribution is -0.170. The number of carbonyl (C=O) groups is 1. The summed E-state index contributed by atoms with van der Waals surface area (Å²) >= 11 is 0. The Kier molecular flexibility index (Phi) is 6.95. The lowest BCUT2D eigenvalue weighted by Crippen LogP contribution is -2.36. The number of carbonyl (C=O) groups excluding carboxylic acids is 1. The van der Waals surface area contributed by atoms with E-state index >= 15 is 0 Å². The summed E-state index contributed by atoms with van der Waals surface area (Å²) in [4.78, 5) is 11.8. The molecule has 0 unspecified atom stereocenters. The van der Waals surface area contributed by atoms with Crippen molar-refractivity contribution >= 4 is 5.97 Å². The van der Waals surface area contributed by atoms with Gasteiger partial charge in [0.15, 0.2) is 0 Å². The molecule has 0 aliphatic carbocycles. The Bertz CT molecular complexity index is 440. The van der Waals surface area contributed by atoms with Crippen molar-refractivity contribution < 1.29 is 9.53 Å². The maximum Gasteiger partial charge on any atom is 0.306 e. The molecule has 1 aliphatic rings. The summed E-state index contributed by atoms with van der Waals surface area (Å²) in [6.07, 6.45) is 12.5. The van der Waals surface area contributed by atoms with Crippen LogP contribution in [0.5, 0.6) is 0 Å². The van der Waals surface area contributed by atoms with Gasteiger partial charge in [-0.25, -0.2) is 0 Å². The first-order valence-corrected chi connectivity index (χ1v) is 9.04. The van der Waals surface area contributed by atoms with Crippen LogP contribution in [0, 0.1) is 0 Å². The van der Waals surface area contributed by atoms with Crippen molar-refractivity contribution in [2.24, 2.45) is 0 Å². The third-order valence-electron chi connectivity index (χ3n) is 4.75.